The summed E-state index contributed by atoms with van der Waals surface area (Å²) in [7, 11) is 0. The number of hydrogen-bond acceptors (Lipinski definition) is 3. The third-order valence-electron chi connectivity index (χ3n) is 6.67. The quantitative estimate of drug-likeness (QED) is 0.889. The molecule has 2 N–H and O–H groups in total. The van der Waals surface area contributed by atoms with Crippen molar-refractivity contribution in [2.24, 2.45) is 23.2 Å². The monoisotopic (exact) mass is 340 g/mol. The Labute approximate surface area is 147 Å². The normalized spacial score (nSPS) is 34.9. The Balaban J connectivity index is 1.27. The van der Waals surface area contributed by atoms with Crippen LogP contribution in [0.25, 0.3) is 0 Å². The number of fused-ring (bicyclic) bond motifs is 1. The van der Waals surface area contributed by atoms with Gasteiger partial charge in [0.15, 0.2) is 6.61 Å². The standard InChI is InChI=1S/C20H24N2O3/c23-18-10-25-17-6-15(1-2-16(17)22-18)19(24)21-11-20-7-12-3-13(8-20)5-14(4-12)9-20/h1-2,6,12-14H,3-5,7-11H2,(H,21,24)(H,22,23). The molecule has 0 spiro atoms. The van der Waals surface area contributed by atoms with Crippen LogP contribution < -0.4 is 15.4 Å². The summed E-state index contributed by atoms with van der Waals surface area (Å²) in [6, 6.07) is 5.22. The zero-order valence-corrected chi connectivity index (χ0v) is 14.3. The molecule has 0 saturated heterocycles. The molecule has 4 fully saturated rings. The maximum atomic E-state index is 12.6. The third-order valence-corrected chi connectivity index (χ3v) is 6.67. The van der Waals surface area contributed by atoms with Gasteiger partial charge >= 0.3 is 0 Å². The molecule has 1 aromatic rings. The molecule has 4 saturated carbocycles. The zero-order chi connectivity index (χ0) is 17.0. The maximum Gasteiger partial charge on any atom is 0.262 e. The van der Waals surface area contributed by atoms with E-state index in [1.165, 1.54) is 38.5 Å². The van der Waals surface area contributed by atoms with Gasteiger partial charge in [-0.1, -0.05) is 0 Å². The molecule has 132 valence electrons. The number of hydrogen-bond donors (Lipinski definition) is 2. The van der Waals surface area contributed by atoms with Crippen LogP contribution in [0.1, 0.15) is 48.9 Å². The van der Waals surface area contributed by atoms with Gasteiger partial charge < -0.3 is 15.4 Å². The predicted octanol–water partition coefficient (Wildman–Crippen LogP) is 2.96. The molecule has 0 radical (unpaired) electrons. The molecular weight excluding hydrogens is 316 g/mol. The molecule has 1 heterocycles. The van der Waals surface area contributed by atoms with Crippen LogP contribution in [0.5, 0.6) is 5.75 Å². The van der Waals surface area contributed by atoms with E-state index in [4.69, 9.17) is 4.74 Å². The first-order chi connectivity index (χ1) is 12.1. The lowest BCUT2D eigenvalue weighted by Crippen LogP contribution is -2.51. The Hall–Kier alpha value is -2.04. The Morgan fingerprint density at radius 2 is 1.84 bits per heavy atom. The Bertz CT molecular complexity index is 707. The first-order valence-electron chi connectivity index (χ1n) is 9.43. The van der Waals surface area contributed by atoms with Crippen LogP contribution in [0.3, 0.4) is 0 Å². The Morgan fingerprint density at radius 3 is 2.52 bits per heavy atom. The lowest BCUT2D eigenvalue weighted by atomic mass is 9.49. The van der Waals surface area contributed by atoms with Crippen LogP contribution in [-0.4, -0.2) is 25.0 Å². The van der Waals surface area contributed by atoms with Gasteiger partial charge in [0.25, 0.3) is 11.8 Å². The average molecular weight is 340 g/mol. The number of carbonyl (C=O) groups excluding carboxylic acids is 2. The minimum Gasteiger partial charge on any atom is -0.482 e. The zero-order valence-electron chi connectivity index (χ0n) is 14.3. The lowest BCUT2D eigenvalue weighted by Gasteiger charge is -2.56. The second-order valence-corrected chi connectivity index (χ2v) is 8.65. The molecule has 5 aliphatic rings. The first kappa shape index (κ1) is 15.2. The van der Waals surface area contributed by atoms with E-state index in [1.54, 1.807) is 18.2 Å². The number of carbonyl (C=O) groups is 2. The van der Waals surface area contributed by atoms with Gasteiger partial charge in [0, 0.05) is 12.1 Å². The second kappa shape index (κ2) is 5.48. The van der Waals surface area contributed by atoms with E-state index in [0.29, 0.717) is 22.4 Å². The van der Waals surface area contributed by atoms with Crippen molar-refractivity contribution in [2.45, 2.75) is 38.5 Å². The van der Waals surface area contributed by atoms with Crippen molar-refractivity contribution in [3.8, 4) is 5.75 Å². The minimum absolute atomic E-state index is 0.00531. The van der Waals surface area contributed by atoms with Crippen molar-refractivity contribution in [1.82, 2.24) is 5.32 Å². The second-order valence-electron chi connectivity index (χ2n) is 8.65. The van der Waals surface area contributed by atoms with E-state index in [1.807, 2.05) is 0 Å². The van der Waals surface area contributed by atoms with Crippen molar-refractivity contribution in [1.29, 1.82) is 0 Å². The summed E-state index contributed by atoms with van der Waals surface area (Å²) < 4.78 is 5.41. The van der Waals surface area contributed by atoms with Crippen molar-refractivity contribution >= 4 is 17.5 Å². The predicted molar refractivity (Wildman–Crippen MR) is 93.5 cm³/mol. The summed E-state index contributed by atoms with van der Waals surface area (Å²) in [6.45, 7) is 0.801. The summed E-state index contributed by atoms with van der Waals surface area (Å²) in [5, 5.41) is 5.94. The van der Waals surface area contributed by atoms with Crippen LogP contribution in [0.2, 0.25) is 0 Å². The largest absolute Gasteiger partial charge is 0.482 e. The van der Waals surface area contributed by atoms with Gasteiger partial charge in [0.1, 0.15) is 5.75 Å². The van der Waals surface area contributed by atoms with Gasteiger partial charge in [0.2, 0.25) is 0 Å². The molecule has 0 atom stereocenters. The molecule has 0 aromatic heterocycles. The fourth-order valence-corrected chi connectivity index (χ4v) is 6.09. The van der Waals surface area contributed by atoms with Crippen LogP contribution in [0, 0.1) is 23.2 Å². The van der Waals surface area contributed by atoms with Crippen LogP contribution >= 0.6 is 0 Å². The van der Waals surface area contributed by atoms with Gasteiger partial charge in [-0.05, 0) is 79.9 Å². The van der Waals surface area contributed by atoms with E-state index in [-0.39, 0.29) is 18.4 Å². The highest BCUT2D eigenvalue weighted by Crippen LogP contribution is 2.59. The van der Waals surface area contributed by atoms with E-state index in [0.717, 1.165) is 24.3 Å². The molecule has 1 aliphatic heterocycles. The summed E-state index contributed by atoms with van der Waals surface area (Å²) in [5.74, 6) is 3.05. The summed E-state index contributed by atoms with van der Waals surface area (Å²) in [6.07, 6.45) is 8.12. The highest BCUT2D eigenvalue weighted by molar-refractivity contribution is 5.99. The SMILES string of the molecule is O=C1COc2cc(C(=O)NCC34CC5CC(CC(C5)C3)C4)ccc2N1. The topological polar surface area (TPSA) is 67.4 Å². The van der Waals surface area contributed by atoms with E-state index < -0.39 is 0 Å². The molecule has 25 heavy (non-hydrogen) atoms. The molecule has 4 bridgehead atoms. The van der Waals surface area contributed by atoms with Crippen molar-refractivity contribution in [3.05, 3.63) is 23.8 Å². The summed E-state index contributed by atoms with van der Waals surface area (Å²) in [5.41, 5.74) is 1.57. The van der Waals surface area contributed by atoms with Gasteiger partial charge in [-0.2, -0.15) is 0 Å². The molecule has 1 aromatic carbocycles. The number of anilines is 1. The van der Waals surface area contributed by atoms with Gasteiger partial charge in [-0.3, -0.25) is 9.59 Å². The summed E-state index contributed by atoms with van der Waals surface area (Å²) in [4.78, 5) is 24.0. The van der Waals surface area contributed by atoms with E-state index >= 15 is 0 Å². The van der Waals surface area contributed by atoms with E-state index in [2.05, 4.69) is 10.6 Å². The molecule has 6 rings (SSSR count). The fraction of sp³-hybridized carbons (Fsp3) is 0.600. The lowest BCUT2D eigenvalue weighted by molar-refractivity contribution is -0.118. The van der Waals surface area contributed by atoms with Gasteiger partial charge in [0.05, 0.1) is 5.69 Å². The first-order valence-corrected chi connectivity index (χ1v) is 9.43. The molecular formula is C20H24N2O3. The summed E-state index contributed by atoms with van der Waals surface area (Å²) >= 11 is 0. The number of nitrogens with one attached hydrogen (secondary N) is 2. The fourth-order valence-electron chi connectivity index (χ4n) is 6.09. The van der Waals surface area contributed by atoms with Crippen molar-refractivity contribution in [2.75, 3.05) is 18.5 Å². The molecule has 5 nitrogen and oxygen atoms in total. The van der Waals surface area contributed by atoms with Crippen LogP contribution in [0.15, 0.2) is 18.2 Å². The molecule has 4 aliphatic carbocycles. The number of benzene rings is 1. The smallest absolute Gasteiger partial charge is 0.262 e. The minimum atomic E-state index is -0.161. The van der Waals surface area contributed by atoms with Gasteiger partial charge in [-0.15, -0.1) is 0 Å². The van der Waals surface area contributed by atoms with Crippen molar-refractivity contribution in [3.63, 3.8) is 0 Å². The number of ether oxygens (including phenoxy) is 1. The van der Waals surface area contributed by atoms with Crippen LogP contribution in [0.4, 0.5) is 5.69 Å². The Morgan fingerprint density at radius 1 is 1.16 bits per heavy atom. The maximum absolute atomic E-state index is 12.6. The molecule has 2 amide bonds. The van der Waals surface area contributed by atoms with Crippen molar-refractivity contribution < 1.29 is 14.3 Å². The molecule has 5 heteroatoms. The van der Waals surface area contributed by atoms with Gasteiger partial charge in [-0.25, -0.2) is 0 Å². The highest BCUT2D eigenvalue weighted by Gasteiger charge is 2.50. The molecule has 0 unspecified atom stereocenters. The average Bonchev–Trinajstić information content (AvgIpc) is 2.58. The Kier molecular flexibility index (Phi) is 3.34. The number of rotatable bonds is 3. The van der Waals surface area contributed by atoms with E-state index in [9.17, 15) is 9.59 Å². The number of amides is 2. The highest BCUT2D eigenvalue weighted by atomic mass is 16.5. The third kappa shape index (κ3) is 2.70. The van der Waals surface area contributed by atoms with Crippen LogP contribution in [-0.2, 0) is 4.79 Å².